The molecule has 17 heavy (non-hydrogen) atoms. The Morgan fingerprint density at radius 2 is 2.06 bits per heavy atom. The van der Waals surface area contributed by atoms with Gasteiger partial charge in [0.05, 0.1) is 13.1 Å². The topological polar surface area (TPSA) is 40.5 Å². The number of likely N-dealkylation sites (tertiary alicyclic amines) is 1. The second-order valence-corrected chi connectivity index (χ2v) is 5.82. The molecule has 1 amide bonds. The predicted octanol–water partition coefficient (Wildman–Crippen LogP) is 2.19. The van der Waals surface area contributed by atoms with Crippen LogP contribution in [0.5, 0.6) is 0 Å². The second kappa shape index (κ2) is 4.97. The number of carbonyl (C=O) groups excluding carboxylic acids is 1. The van der Waals surface area contributed by atoms with Gasteiger partial charge >= 0.3 is 0 Å². The van der Waals surface area contributed by atoms with Gasteiger partial charge in [0.15, 0.2) is 0 Å². The van der Waals surface area contributed by atoms with Crippen molar-refractivity contribution in [3.05, 3.63) is 0 Å². The van der Waals surface area contributed by atoms with Gasteiger partial charge < -0.3 is 10.0 Å². The van der Waals surface area contributed by atoms with E-state index < -0.39 is 5.60 Å². The van der Waals surface area contributed by atoms with Crippen molar-refractivity contribution in [2.45, 2.75) is 58.0 Å². The van der Waals surface area contributed by atoms with Crippen LogP contribution in [0, 0.1) is 11.8 Å². The monoisotopic (exact) mass is 239 g/mol. The molecule has 1 saturated carbocycles. The lowest BCUT2D eigenvalue weighted by atomic mass is 9.86. The number of nitrogens with zero attached hydrogens (tertiary/aromatic N) is 1. The minimum atomic E-state index is -0.529. The SMILES string of the molecule is CCCCC(CC)C(=O)N1CC(O)(C2CC2)C1. The van der Waals surface area contributed by atoms with E-state index in [1.165, 1.54) is 0 Å². The molecule has 1 saturated heterocycles. The van der Waals surface area contributed by atoms with E-state index in [4.69, 9.17) is 0 Å². The highest BCUT2D eigenvalue weighted by atomic mass is 16.3. The number of rotatable bonds is 6. The highest BCUT2D eigenvalue weighted by Crippen LogP contribution is 2.44. The molecule has 0 aromatic heterocycles. The Balaban J connectivity index is 1.80. The van der Waals surface area contributed by atoms with Crippen LogP contribution in [0.1, 0.15) is 52.4 Å². The average Bonchev–Trinajstić information content (AvgIpc) is 3.09. The third kappa shape index (κ3) is 2.65. The first-order chi connectivity index (χ1) is 8.10. The molecule has 0 radical (unpaired) electrons. The van der Waals surface area contributed by atoms with Crippen molar-refractivity contribution in [2.24, 2.45) is 11.8 Å². The first-order valence-electron chi connectivity index (χ1n) is 7.12. The minimum absolute atomic E-state index is 0.179. The molecule has 2 fully saturated rings. The number of β-amino-alcohol motifs (C(OH)–C–C–N with tert-alkyl or cyclic N) is 1. The quantitative estimate of drug-likeness (QED) is 0.772. The van der Waals surface area contributed by atoms with Gasteiger partial charge in [0.1, 0.15) is 5.60 Å². The Kier molecular flexibility index (Phi) is 3.76. The Morgan fingerprint density at radius 3 is 2.53 bits per heavy atom. The fourth-order valence-corrected chi connectivity index (χ4v) is 2.86. The number of hydrogen-bond donors (Lipinski definition) is 1. The number of aliphatic hydroxyl groups is 1. The Labute approximate surface area is 104 Å². The van der Waals surface area contributed by atoms with Crippen LogP contribution >= 0.6 is 0 Å². The lowest BCUT2D eigenvalue weighted by molar-refractivity contribution is -0.163. The summed E-state index contributed by atoms with van der Waals surface area (Å²) in [5, 5.41) is 10.2. The maximum Gasteiger partial charge on any atom is 0.225 e. The molecular weight excluding hydrogens is 214 g/mol. The summed E-state index contributed by atoms with van der Waals surface area (Å²) in [4.78, 5) is 14.1. The molecule has 3 heteroatoms. The van der Waals surface area contributed by atoms with E-state index in [0.717, 1.165) is 38.5 Å². The summed E-state index contributed by atoms with van der Waals surface area (Å²) in [5.74, 6) is 0.923. The van der Waals surface area contributed by atoms with Crippen molar-refractivity contribution in [3.8, 4) is 0 Å². The van der Waals surface area contributed by atoms with Crippen LogP contribution in [0.3, 0.4) is 0 Å². The summed E-state index contributed by atoms with van der Waals surface area (Å²) in [5.41, 5.74) is -0.529. The van der Waals surface area contributed by atoms with Crippen LogP contribution in [0.4, 0.5) is 0 Å². The summed E-state index contributed by atoms with van der Waals surface area (Å²) >= 11 is 0. The van der Waals surface area contributed by atoms with Crippen molar-refractivity contribution >= 4 is 5.91 Å². The molecule has 0 aromatic rings. The van der Waals surface area contributed by atoms with Gasteiger partial charge in [-0.2, -0.15) is 0 Å². The van der Waals surface area contributed by atoms with Gasteiger partial charge in [-0.05, 0) is 31.6 Å². The van der Waals surface area contributed by atoms with Gasteiger partial charge in [-0.1, -0.05) is 26.7 Å². The van der Waals surface area contributed by atoms with E-state index in [-0.39, 0.29) is 11.8 Å². The van der Waals surface area contributed by atoms with Gasteiger partial charge in [-0.25, -0.2) is 0 Å². The molecule has 1 unspecified atom stereocenters. The van der Waals surface area contributed by atoms with Gasteiger partial charge in [-0.15, -0.1) is 0 Å². The van der Waals surface area contributed by atoms with Gasteiger partial charge in [0.25, 0.3) is 0 Å². The summed E-state index contributed by atoms with van der Waals surface area (Å²) in [7, 11) is 0. The van der Waals surface area contributed by atoms with E-state index in [9.17, 15) is 9.90 Å². The first kappa shape index (κ1) is 12.9. The van der Waals surface area contributed by atoms with E-state index in [0.29, 0.717) is 19.0 Å². The summed E-state index contributed by atoms with van der Waals surface area (Å²) in [6.07, 6.45) is 6.50. The Hall–Kier alpha value is -0.570. The molecule has 2 rings (SSSR count). The molecule has 1 heterocycles. The lowest BCUT2D eigenvalue weighted by Crippen LogP contribution is -2.65. The van der Waals surface area contributed by atoms with Crippen molar-refractivity contribution in [1.82, 2.24) is 4.90 Å². The van der Waals surface area contributed by atoms with E-state index >= 15 is 0 Å². The maximum atomic E-state index is 12.2. The van der Waals surface area contributed by atoms with Gasteiger partial charge in [0.2, 0.25) is 5.91 Å². The predicted molar refractivity (Wildman–Crippen MR) is 67.6 cm³/mol. The highest BCUT2D eigenvalue weighted by Gasteiger charge is 2.53. The normalized spacial score (nSPS) is 24.3. The summed E-state index contributed by atoms with van der Waals surface area (Å²) in [6, 6.07) is 0. The van der Waals surface area contributed by atoms with Gasteiger partial charge in [0, 0.05) is 5.92 Å². The standard InChI is InChI=1S/C14H25NO2/c1-3-5-6-11(4-2)13(16)15-9-14(17,10-15)12-7-8-12/h11-12,17H,3-10H2,1-2H3. The Morgan fingerprint density at radius 1 is 1.41 bits per heavy atom. The summed E-state index contributed by atoms with van der Waals surface area (Å²) < 4.78 is 0. The fraction of sp³-hybridized carbons (Fsp3) is 0.929. The van der Waals surface area contributed by atoms with Crippen molar-refractivity contribution < 1.29 is 9.90 Å². The second-order valence-electron chi connectivity index (χ2n) is 5.82. The smallest absolute Gasteiger partial charge is 0.225 e. The molecule has 2 aliphatic rings. The zero-order valence-electron chi connectivity index (χ0n) is 11.1. The maximum absolute atomic E-state index is 12.2. The molecule has 0 aromatic carbocycles. The van der Waals surface area contributed by atoms with Crippen LogP contribution in [0.2, 0.25) is 0 Å². The van der Waals surface area contributed by atoms with Crippen LogP contribution in [-0.2, 0) is 4.79 Å². The van der Waals surface area contributed by atoms with Crippen LogP contribution in [-0.4, -0.2) is 34.6 Å². The molecule has 0 bridgehead atoms. The molecule has 1 atom stereocenters. The molecular formula is C14H25NO2. The average molecular weight is 239 g/mol. The minimum Gasteiger partial charge on any atom is -0.386 e. The van der Waals surface area contributed by atoms with Crippen molar-refractivity contribution in [1.29, 1.82) is 0 Å². The molecule has 0 spiro atoms. The highest BCUT2D eigenvalue weighted by molar-refractivity contribution is 5.80. The molecule has 3 nitrogen and oxygen atoms in total. The fourth-order valence-electron chi connectivity index (χ4n) is 2.86. The van der Waals surface area contributed by atoms with E-state index in [1.54, 1.807) is 0 Å². The first-order valence-corrected chi connectivity index (χ1v) is 7.12. The number of carbonyl (C=O) groups is 1. The zero-order valence-corrected chi connectivity index (χ0v) is 11.1. The Bertz CT molecular complexity index is 280. The molecule has 98 valence electrons. The number of amides is 1. The third-order valence-electron chi connectivity index (χ3n) is 4.33. The van der Waals surface area contributed by atoms with Crippen molar-refractivity contribution in [2.75, 3.05) is 13.1 Å². The number of hydrogen-bond acceptors (Lipinski definition) is 2. The van der Waals surface area contributed by atoms with Crippen LogP contribution in [0.15, 0.2) is 0 Å². The van der Waals surface area contributed by atoms with Gasteiger partial charge in [-0.3, -0.25) is 4.79 Å². The molecule has 1 N–H and O–H groups in total. The third-order valence-corrected chi connectivity index (χ3v) is 4.33. The van der Waals surface area contributed by atoms with Crippen LogP contribution < -0.4 is 0 Å². The van der Waals surface area contributed by atoms with Crippen molar-refractivity contribution in [3.63, 3.8) is 0 Å². The summed E-state index contributed by atoms with van der Waals surface area (Å²) in [6.45, 7) is 5.41. The van der Waals surface area contributed by atoms with E-state index in [1.807, 2.05) is 4.90 Å². The molecule has 1 aliphatic heterocycles. The van der Waals surface area contributed by atoms with E-state index in [2.05, 4.69) is 13.8 Å². The lowest BCUT2D eigenvalue weighted by Gasteiger charge is -2.48. The zero-order chi connectivity index (χ0) is 12.5. The number of unbranched alkanes of at least 4 members (excludes halogenated alkanes) is 1. The molecule has 1 aliphatic carbocycles. The van der Waals surface area contributed by atoms with Crippen LogP contribution in [0.25, 0.3) is 0 Å². The largest absolute Gasteiger partial charge is 0.386 e.